The lowest BCUT2D eigenvalue weighted by Gasteiger charge is -2.24. The highest BCUT2D eigenvalue weighted by Crippen LogP contribution is 2.23. The first-order chi connectivity index (χ1) is 16.1. The first-order valence-corrected chi connectivity index (χ1v) is 12.1. The molecule has 0 aromatic heterocycles. The van der Waals surface area contributed by atoms with E-state index in [2.05, 4.69) is 52.0 Å². The van der Waals surface area contributed by atoms with Gasteiger partial charge in [-0.2, -0.15) is 0 Å². The topological polar surface area (TPSA) is 76.1 Å². The highest BCUT2D eigenvalue weighted by Gasteiger charge is 2.19. The van der Waals surface area contributed by atoms with Crippen LogP contribution in [0.2, 0.25) is 0 Å². The minimum Gasteiger partial charge on any atom is -0.484 e. The smallest absolute Gasteiger partial charge is 0.333 e. The lowest BCUT2D eigenvalue weighted by Crippen LogP contribution is -2.35. The SMILES string of the molecule is CCCCN(Cc1ccc(C(C)(C)C)cc1)C(=O)COc1ccc(C[C@H](OCC)C(=O)O)cc1. The molecule has 0 aliphatic heterocycles. The van der Waals surface area contributed by atoms with Gasteiger partial charge >= 0.3 is 5.97 Å². The van der Waals surface area contributed by atoms with Crippen LogP contribution in [0.3, 0.4) is 0 Å². The van der Waals surface area contributed by atoms with Gasteiger partial charge in [-0.3, -0.25) is 4.79 Å². The molecule has 0 bridgehead atoms. The maximum absolute atomic E-state index is 12.9. The number of nitrogens with zero attached hydrogens (tertiary/aromatic N) is 1. The van der Waals surface area contributed by atoms with Gasteiger partial charge in [0.15, 0.2) is 12.7 Å². The third kappa shape index (κ3) is 8.82. The maximum Gasteiger partial charge on any atom is 0.333 e. The summed E-state index contributed by atoms with van der Waals surface area (Å²) in [6.07, 6.45) is 1.35. The molecule has 0 radical (unpaired) electrons. The van der Waals surface area contributed by atoms with E-state index in [0.717, 1.165) is 24.0 Å². The summed E-state index contributed by atoms with van der Waals surface area (Å²) in [5, 5.41) is 9.24. The van der Waals surface area contributed by atoms with Gasteiger partial charge in [-0.15, -0.1) is 0 Å². The molecule has 0 saturated carbocycles. The summed E-state index contributed by atoms with van der Waals surface area (Å²) < 4.78 is 11.0. The van der Waals surface area contributed by atoms with Crippen molar-refractivity contribution in [2.24, 2.45) is 0 Å². The number of ether oxygens (including phenoxy) is 2. The van der Waals surface area contributed by atoms with E-state index in [0.29, 0.717) is 25.4 Å². The standard InChI is InChI=1S/C28H39NO5/c1-6-8-17-29(19-22-9-13-23(14-10-22)28(3,4)5)26(30)20-34-24-15-11-21(12-16-24)18-25(27(31)32)33-7-2/h9-16,25H,6-8,17-20H2,1-5H3,(H,31,32)/t25-/m0/s1. The molecule has 34 heavy (non-hydrogen) atoms. The van der Waals surface area contributed by atoms with Gasteiger partial charge in [0.25, 0.3) is 5.91 Å². The van der Waals surface area contributed by atoms with Crippen LogP contribution in [0.15, 0.2) is 48.5 Å². The van der Waals surface area contributed by atoms with E-state index in [4.69, 9.17) is 9.47 Å². The number of benzene rings is 2. The second-order valence-corrected chi connectivity index (χ2v) is 9.53. The Morgan fingerprint density at radius 1 is 0.971 bits per heavy atom. The van der Waals surface area contributed by atoms with Crippen LogP contribution in [0.1, 0.15) is 64.2 Å². The summed E-state index contributed by atoms with van der Waals surface area (Å²) in [4.78, 5) is 26.1. The van der Waals surface area contributed by atoms with Crippen molar-refractivity contribution in [1.82, 2.24) is 4.90 Å². The van der Waals surface area contributed by atoms with E-state index in [1.165, 1.54) is 5.56 Å². The molecule has 0 spiro atoms. The fourth-order valence-electron chi connectivity index (χ4n) is 3.56. The molecular weight excluding hydrogens is 430 g/mol. The van der Waals surface area contributed by atoms with Crippen LogP contribution in [0.4, 0.5) is 0 Å². The quantitative estimate of drug-likeness (QED) is 0.435. The Balaban J connectivity index is 1.96. The fraction of sp³-hybridized carbons (Fsp3) is 0.500. The molecule has 0 aliphatic carbocycles. The lowest BCUT2D eigenvalue weighted by atomic mass is 9.87. The zero-order chi connectivity index (χ0) is 25.1. The van der Waals surface area contributed by atoms with E-state index in [-0.39, 0.29) is 24.3 Å². The van der Waals surface area contributed by atoms with Crippen molar-refractivity contribution in [2.45, 2.75) is 71.9 Å². The Bertz CT molecular complexity index is 900. The maximum atomic E-state index is 12.9. The molecule has 0 unspecified atom stereocenters. The van der Waals surface area contributed by atoms with Gasteiger partial charge in [0.1, 0.15) is 5.75 Å². The number of aliphatic carboxylic acids is 1. The second-order valence-electron chi connectivity index (χ2n) is 9.53. The fourth-order valence-corrected chi connectivity index (χ4v) is 3.56. The first kappa shape index (κ1) is 27.4. The first-order valence-electron chi connectivity index (χ1n) is 12.1. The second kappa shape index (κ2) is 13.1. The zero-order valence-corrected chi connectivity index (χ0v) is 21.2. The van der Waals surface area contributed by atoms with Crippen LogP contribution >= 0.6 is 0 Å². The summed E-state index contributed by atoms with van der Waals surface area (Å²) in [5.74, 6) is -0.460. The molecule has 0 fully saturated rings. The molecule has 0 saturated heterocycles. The average molecular weight is 470 g/mol. The van der Waals surface area contributed by atoms with E-state index in [9.17, 15) is 14.7 Å². The third-order valence-corrected chi connectivity index (χ3v) is 5.68. The van der Waals surface area contributed by atoms with Gasteiger partial charge in [0.2, 0.25) is 0 Å². The predicted molar refractivity (Wildman–Crippen MR) is 134 cm³/mol. The molecule has 1 N–H and O–H groups in total. The van der Waals surface area contributed by atoms with Gasteiger partial charge in [-0.1, -0.05) is 70.5 Å². The molecule has 0 heterocycles. The Morgan fingerprint density at radius 2 is 1.59 bits per heavy atom. The number of hydrogen-bond donors (Lipinski definition) is 1. The van der Waals surface area contributed by atoms with E-state index in [1.807, 2.05) is 4.90 Å². The minimum atomic E-state index is -0.979. The Kier molecular flexibility index (Phi) is 10.6. The van der Waals surface area contributed by atoms with Crippen molar-refractivity contribution in [1.29, 1.82) is 0 Å². The number of carbonyl (C=O) groups is 2. The summed E-state index contributed by atoms with van der Waals surface area (Å²) in [7, 11) is 0. The van der Waals surface area contributed by atoms with Crippen LogP contribution in [0, 0.1) is 0 Å². The molecule has 1 atom stereocenters. The van der Waals surface area contributed by atoms with Gasteiger partial charge in [-0.05, 0) is 47.6 Å². The summed E-state index contributed by atoms with van der Waals surface area (Å²) in [6.45, 7) is 12.0. The predicted octanol–water partition coefficient (Wildman–Crippen LogP) is 5.22. The van der Waals surface area contributed by atoms with E-state index >= 15 is 0 Å². The summed E-state index contributed by atoms with van der Waals surface area (Å²) >= 11 is 0. The normalized spacial score (nSPS) is 12.3. The third-order valence-electron chi connectivity index (χ3n) is 5.68. The molecule has 2 aromatic carbocycles. The van der Waals surface area contributed by atoms with Crippen LogP contribution in [-0.2, 0) is 32.7 Å². The van der Waals surface area contributed by atoms with Crippen LogP contribution in [0.5, 0.6) is 5.75 Å². The highest BCUT2D eigenvalue weighted by atomic mass is 16.5. The lowest BCUT2D eigenvalue weighted by molar-refractivity contribution is -0.150. The van der Waals surface area contributed by atoms with Gasteiger partial charge < -0.3 is 19.5 Å². The van der Waals surface area contributed by atoms with Crippen molar-refractivity contribution in [2.75, 3.05) is 19.8 Å². The zero-order valence-electron chi connectivity index (χ0n) is 21.2. The molecule has 6 heteroatoms. The molecule has 0 aliphatic rings. The van der Waals surface area contributed by atoms with Crippen LogP contribution in [0.25, 0.3) is 0 Å². The number of rotatable bonds is 13. The molecule has 6 nitrogen and oxygen atoms in total. The monoisotopic (exact) mass is 469 g/mol. The number of hydrogen-bond acceptors (Lipinski definition) is 4. The highest BCUT2D eigenvalue weighted by molar-refractivity contribution is 5.77. The van der Waals surface area contributed by atoms with E-state index < -0.39 is 12.1 Å². The number of amides is 1. The number of unbranched alkanes of at least 4 members (excludes halogenated alkanes) is 1. The van der Waals surface area contributed by atoms with Crippen molar-refractivity contribution >= 4 is 11.9 Å². The summed E-state index contributed by atoms with van der Waals surface area (Å²) in [5.41, 5.74) is 3.30. The minimum absolute atomic E-state index is 0.0418. The Labute approximate surface area is 203 Å². The Morgan fingerprint density at radius 3 is 2.12 bits per heavy atom. The number of carbonyl (C=O) groups excluding carboxylic acids is 1. The van der Waals surface area contributed by atoms with Crippen molar-refractivity contribution in [3.8, 4) is 5.75 Å². The van der Waals surface area contributed by atoms with E-state index in [1.54, 1.807) is 31.2 Å². The molecular formula is C28H39NO5. The van der Waals surface area contributed by atoms with Crippen molar-refractivity contribution in [3.05, 3.63) is 65.2 Å². The summed E-state index contributed by atoms with van der Waals surface area (Å²) in [6, 6.07) is 15.6. The molecule has 2 aromatic rings. The number of carboxylic acids is 1. The number of carboxylic acid groups (broad SMARTS) is 1. The Hall–Kier alpha value is -2.86. The average Bonchev–Trinajstić information content (AvgIpc) is 2.80. The molecule has 186 valence electrons. The molecule has 2 rings (SSSR count). The van der Waals surface area contributed by atoms with Crippen molar-refractivity contribution < 1.29 is 24.2 Å². The van der Waals surface area contributed by atoms with Crippen molar-refractivity contribution in [3.63, 3.8) is 0 Å². The van der Waals surface area contributed by atoms with Crippen LogP contribution < -0.4 is 4.74 Å². The largest absolute Gasteiger partial charge is 0.484 e. The molecule has 1 amide bonds. The van der Waals surface area contributed by atoms with Gasteiger partial charge in [-0.25, -0.2) is 4.79 Å². The van der Waals surface area contributed by atoms with Gasteiger partial charge in [0, 0.05) is 26.1 Å². The van der Waals surface area contributed by atoms with Crippen LogP contribution in [-0.4, -0.2) is 47.7 Å². The van der Waals surface area contributed by atoms with Gasteiger partial charge in [0.05, 0.1) is 0 Å².